The van der Waals surface area contributed by atoms with Gasteiger partial charge in [-0.05, 0) is 72.1 Å². The van der Waals surface area contributed by atoms with Crippen LogP contribution < -0.4 is 5.32 Å². The average molecular weight is 697 g/mol. The molecule has 3 N–H and O–H groups in total. The molecule has 1 aliphatic heterocycles. The minimum Gasteiger partial charge on any atom is -0.480 e. The normalized spacial score (nSPS) is 17.1. The lowest BCUT2D eigenvalue weighted by Crippen LogP contribution is -2.42. The molecule has 0 radical (unpaired) electrons. The van der Waals surface area contributed by atoms with Gasteiger partial charge in [-0.15, -0.1) is 0 Å². The molecule has 0 spiro atoms. The number of carboxylic acid groups (broad SMARTS) is 2. The number of alkyl halides is 3. The van der Waals surface area contributed by atoms with Gasteiger partial charge in [0.2, 0.25) is 0 Å². The number of aliphatic carboxylic acids is 2. The fourth-order valence-corrected chi connectivity index (χ4v) is 6.45. The molecule has 266 valence electrons. The van der Waals surface area contributed by atoms with Crippen LogP contribution in [0.25, 0.3) is 11.1 Å². The highest BCUT2D eigenvalue weighted by Crippen LogP contribution is 2.31. The average Bonchev–Trinajstić information content (AvgIpc) is 3.06. The van der Waals surface area contributed by atoms with Crippen LogP contribution in [0.5, 0.6) is 0 Å². The Balaban J connectivity index is 0.000000804. The van der Waals surface area contributed by atoms with Gasteiger partial charge in [0.15, 0.2) is 0 Å². The second kappa shape index (κ2) is 19.8. The van der Waals surface area contributed by atoms with E-state index < -0.39 is 24.2 Å². The van der Waals surface area contributed by atoms with Crippen LogP contribution in [0.2, 0.25) is 0 Å². The monoisotopic (exact) mass is 696 g/mol. The first-order valence-electron chi connectivity index (χ1n) is 16.3. The molecule has 1 amide bonds. The van der Waals surface area contributed by atoms with Gasteiger partial charge < -0.3 is 25.0 Å². The first-order chi connectivity index (χ1) is 22.9. The number of nitrogens with zero attached hydrogens (tertiary/aromatic N) is 1. The van der Waals surface area contributed by atoms with Gasteiger partial charge >= 0.3 is 18.1 Å². The Morgan fingerprint density at radius 3 is 2.31 bits per heavy atom. The number of rotatable bonds is 14. The Bertz CT molecular complexity index is 1310. The zero-order valence-electron chi connectivity index (χ0n) is 27.6. The Morgan fingerprint density at radius 1 is 1.04 bits per heavy atom. The van der Waals surface area contributed by atoms with Crippen molar-refractivity contribution in [3.8, 4) is 11.1 Å². The van der Waals surface area contributed by atoms with E-state index in [1.165, 1.54) is 32.1 Å². The lowest BCUT2D eigenvalue weighted by Gasteiger charge is -2.33. The summed E-state index contributed by atoms with van der Waals surface area (Å²) in [6.07, 6.45) is 5.01. The summed E-state index contributed by atoms with van der Waals surface area (Å²) in [5.74, 6) is -2.76. The molecular formula is C35H47F3N2O7S. The minimum absolute atomic E-state index is 0.147. The van der Waals surface area contributed by atoms with Crippen molar-refractivity contribution < 1.29 is 47.2 Å². The fraction of sp³-hybridized carbons (Fsp3) is 0.571. The maximum atomic E-state index is 13.4. The van der Waals surface area contributed by atoms with Gasteiger partial charge in [0.1, 0.15) is 6.04 Å². The Labute approximate surface area is 284 Å². The molecule has 1 saturated heterocycles. The molecule has 48 heavy (non-hydrogen) atoms. The molecule has 13 heteroatoms. The lowest BCUT2D eigenvalue weighted by atomic mass is 9.85. The summed E-state index contributed by atoms with van der Waals surface area (Å²) < 4.78 is 43.9. The predicted octanol–water partition coefficient (Wildman–Crippen LogP) is 6.42. The second-order valence-corrected chi connectivity index (χ2v) is 13.2. The quantitative estimate of drug-likeness (QED) is 0.205. The van der Waals surface area contributed by atoms with E-state index in [0.29, 0.717) is 24.3 Å². The maximum Gasteiger partial charge on any atom is 0.490 e. The summed E-state index contributed by atoms with van der Waals surface area (Å²) in [4.78, 5) is 36.6. The number of carboxylic acids is 2. The third-order valence-electron chi connectivity index (χ3n) is 8.59. The number of hydrogen-bond donors (Lipinski definition) is 3. The highest BCUT2D eigenvalue weighted by molar-refractivity contribution is 7.98. The molecule has 0 aromatic heterocycles. The molecule has 1 heterocycles. The van der Waals surface area contributed by atoms with Crippen LogP contribution in [0.15, 0.2) is 42.5 Å². The summed E-state index contributed by atoms with van der Waals surface area (Å²) in [5, 5.41) is 19.6. The van der Waals surface area contributed by atoms with Crippen molar-refractivity contribution in [1.29, 1.82) is 0 Å². The van der Waals surface area contributed by atoms with E-state index in [1.807, 2.05) is 55.6 Å². The number of carbonyl (C=O) groups excluding carboxylic acids is 1. The number of hydrogen-bond acceptors (Lipinski definition) is 7. The molecule has 2 unspecified atom stereocenters. The number of aryl methyl sites for hydroxylation is 1. The first-order valence-corrected chi connectivity index (χ1v) is 17.7. The SMILES string of the molecule is CSCCC(NC(=O)c1ccc(COC(CC2CCCCC2)CN2CCOCC2)cc1-c1ccccc1C)C(=O)O.O=C(O)C(F)(F)F. The number of halogens is 3. The van der Waals surface area contributed by atoms with Gasteiger partial charge in [-0.1, -0.05) is 62.4 Å². The molecule has 0 bridgehead atoms. The summed E-state index contributed by atoms with van der Waals surface area (Å²) in [6, 6.07) is 12.9. The van der Waals surface area contributed by atoms with Gasteiger partial charge in [-0.25, -0.2) is 9.59 Å². The molecule has 2 aromatic carbocycles. The zero-order valence-corrected chi connectivity index (χ0v) is 28.4. The van der Waals surface area contributed by atoms with Crippen LogP contribution in [0.3, 0.4) is 0 Å². The van der Waals surface area contributed by atoms with Crippen LogP contribution in [0.1, 0.15) is 66.4 Å². The van der Waals surface area contributed by atoms with Crippen LogP contribution in [-0.2, 0) is 25.7 Å². The molecule has 4 rings (SSSR count). The standard InChI is InChI=1S/C33H46N2O5S.C2HF3O2/c1-24-8-6-7-11-28(24)30-21-26(12-13-29(30)32(36)34-31(33(37)38)14-19-41-2)23-40-27(20-25-9-4-3-5-10-25)22-35-15-17-39-18-16-35;3-2(4,5)1(6)7/h6-8,11-13,21,25,27,31H,3-5,9-10,14-20,22-23H2,1-2H3,(H,34,36)(H,37,38);(H,6,7). The van der Waals surface area contributed by atoms with E-state index in [4.69, 9.17) is 19.4 Å². The first kappa shape index (κ1) is 39.3. The van der Waals surface area contributed by atoms with Crippen molar-refractivity contribution >= 4 is 29.6 Å². The molecular weight excluding hydrogens is 649 g/mol. The van der Waals surface area contributed by atoms with E-state index in [2.05, 4.69) is 10.2 Å². The topological polar surface area (TPSA) is 125 Å². The van der Waals surface area contributed by atoms with Crippen LogP contribution in [0, 0.1) is 12.8 Å². The van der Waals surface area contributed by atoms with Crippen LogP contribution in [0.4, 0.5) is 13.2 Å². The molecule has 1 aliphatic carbocycles. The number of morpholine rings is 1. The maximum absolute atomic E-state index is 13.4. The largest absolute Gasteiger partial charge is 0.490 e. The van der Waals surface area contributed by atoms with Gasteiger partial charge in [0.05, 0.1) is 25.9 Å². The third-order valence-corrected chi connectivity index (χ3v) is 9.24. The summed E-state index contributed by atoms with van der Waals surface area (Å²) in [6.45, 7) is 6.85. The van der Waals surface area contributed by atoms with E-state index in [0.717, 1.165) is 67.4 Å². The number of thioether (sulfide) groups is 1. The molecule has 2 aliphatic rings. The molecule has 9 nitrogen and oxygen atoms in total. The molecule has 2 aromatic rings. The van der Waals surface area contributed by atoms with Gasteiger partial charge in [0.25, 0.3) is 5.91 Å². The number of nitrogens with one attached hydrogen (secondary N) is 1. The van der Waals surface area contributed by atoms with Crippen molar-refractivity contribution in [2.45, 2.75) is 76.8 Å². The number of benzene rings is 2. The number of ether oxygens (including phenoxy) is 2. The van der Waals surface area contributed by atoms with Gasteiger partial charge in [-0.2, -0.15) is 24.9 Å². The highest BCUT2D eigenvalue weighted by Gasteiger charge is 2.38. The Morgan fingerprint density at radius 2 is 1.71 bits per heavy atom. The van der Waals surface area contributed by atoms with Gasteiger partial charge in [-0.3, -0.25) is 9.69 Å². The lowest BCUT2D eigenvalue weighted by molar-refractivity contribution is -0.192. The zero-order chi connectivity index (χ0) is 35.1. The van der Waals surface area contributed by atoms with Crippen molar-refractivity contribution in [2.24, 2.45) is 5.92 Å². The Hall–Kier alpha value is -3.13. The summed E-state index contributed by atoms with van der Waals surface area (Å²) >= 11 is 1.57. The summed E-state index contributed by atoms with van der Waals surface area (Å²) in [5.41, 5.74) is 4.30. The van der Waals surface area contributed by atoms with Gasteiger partial charge in [0, 0.05) is 25.2 Å². The van der Waals surface area contributed by atoms with E-state index in [-0.39, 0.29) is 12.0 Å². The van der Waals surface area contributed by atoms with Crippen LogP contribution in [-0.4, -0.2) is 96.1 Å². The molecule has 2 atom stereocenters. The highest BCUT2D eigenvalue weighted by atomic mass is 32.2. The predicted molar refractivity (Wildman–Crippen MR) is 179 cm³/mol. The third kappa shape index (κ3) is 13.1. The molecule has 2 fully saturated rings. The van der Waals surface area contributed by atoms with Crippen molar-refractivity contribution in [3.63, 3.8) is 0 Å². The van der Waals surface area contributed by atoms with Crippen molar-refractivity contribution in [1.82, 2.24) is 10.2 Å². The number of carbonyl (C=O) groups is 3. The van der Waals surface area contributed by atoms with E-state index in [9.17, 15) is 27.9 Å². The molecule has 1 saturated carbocycles. The van der Waals surface area contributed by atoms with E-state index in [1.54, 1.807) is 11.8 Å². The smallest absolute Gasteiger partial charge is 0.480 e. The van der Waals surface area contributed by atoms with E-state index >= 15 is 0 Å². The van der Waals surface area contributed by atoms with Crippen molar-refractivity contribution in [3.05, 3.63) is 59.2 Å². The summed E-state index contributed by atoms with van der Waals surface area (Å²) in [7, 11) is 0. The fourth-order valence-electron chi connectivity index (χ4n) is 5.98. The Kier molecular flexibility index (Phi) is 16.2. The van der Waals surface area contributed by atoms with Crippen molar-refractivity contribution in [2.75, 3.05) is 44.9 Å². The van der Waals surface area contributed by atoms with Crippen LogP contribution >= 0.6 is 11.8 Å². The minimum atomic E-state index is -5.08. The second-order valence-electron chi connectivity index (χ2n) is 12.2. The number of amides is 1.